The minimum absolute atomic E-state index is 0.134. The number of ether oxygens (including phenoxy) is 1. The molecule has 3 heteroatoms. The molecule has 1 heterocycles. The van der Waals surface area contributed by atoms with E-state index in [0.717, 1.165) is 12.8 Å². The van der Waals surface area contributed by atoms with E-state index in [0.29, 0.717) is 11.9 Å². The highest BCUT2D eigenvalue weighted by atomic mass is 16.5. The molecule has 1 aromatic carbocycles. The Morgan fingerprint density at radius 2 is 2.10 bits per heavy atom. The Morgan fingerprint density at radius 1 is 1.24 bits per heavy atom. The first-order valence-electron chi connectivity index (χ1n) is 7.65. The predicted octanol–water partition coefficient (Wildman–Crippen LogP) is 3.82. The molecule has 0 saturated carbocycles. The van der Waals surface area contributed by atoms with E-state index in [-0.39, 0.29) is 6.10 Å². The van der Waals surface area contributed by atoms with Crippen LogP contribution in [0.1, 0.15) is 48.6 Å². The third-order valence-corrected chi connectivity index (χ3v) is 4.27. The quantitative estimate of drug-likeness (QED) is 0.925. The van der Waals surface area contributed by atoms with Crippen molar-refractivity contribution in [2.45, 2.75) is 38.3 Å². The first kappa shape index (κ1) is 14.1. The van der Waals surface area contributed by atoms with Crippen molar-refractivity contribution in [1.29, 1.82) is 0 Å². The standard InChI is InChI=1S/C18H22N2O/c1-13(19-2)15-10-11-18(20-12-15)21-17-9-5-7-14-6-3-4-8-16(14)17/h3-4,6,8,10-13,17,19H,5,7,9H2,1-2H3. The Hall–Kier alpha value is -1.87. The van der Waals surface area contributed by atoms with Gasteiger partial charge in [-0.05, 0) is 49.9 Å². The van der Waals surface area contributed by atoms with Crippen LogP contribution >= 0.6 is 0 Å². The number of benzene rings is 1. The molecule has 21 heavy (non-hydrogen) atoms. The maximum Gasteiger partial charge on any atom is 0.213 e. The highest BCUT2D eigenvalue weighted by Gasteiger charge is 2.21. The number of hydrogen-bond acceptors (Lipinski definition) is 3. The van der Waals surface area contributed by atoms with Gasteiger partial charge in [-0.1, -0.05) is 30.3 Å². The molecule has 110 valence electrons. The molecule has 2 unspecified atom stereocenters. The van der Waals surface area contributed by atoms with Crippen LogP contribution in [0.4, 0.5) is 0 Å². The van der Waals surface area contributed by atoms with E-state index in [4.69, 9.17) is 4.74 Å². The van der Waals surface area contributed by atoms with Gasteiger partial charge in [0, 0.05) is 18.3 Å². The molecule has 0 fully saturated rings. The zero-order valence-corrected chi connectivity index (χ0v) is 12.7. The van der Waals surface area contributed by atoms with Crippen LogP contribution in [0.3, 0.4) is 0 Å². The van der Waals surface area contributed by atoms with E-state index in [1.54, 1.807) is 0 Å². The first-order chi connectivity index (χ1) is 10.3. The van der Waals surface area contributed by atoms with E-state index < -0.39 is 0 Å². The van der Waals surface area contributed by atoms with Gasteiger partial charge < -0.3 is 10.1 Å². The van der Waals surface area contributed by atoms with Crippen LogP contribution in [0.25, 0.3) is 0 Å². The lowest BCUT2D eigenvalue weighted by molar-refractivity contribution is 0.175. The summed E-state index contributed by atoms with van der Waals surface area (Å²) in [6.07, 6.45) is 5.42. The summed E-state index contributed by atoms with van der Waals surface area (Å²) in [5.41, 5.74) is 3.90. The zero-order chi connectivity index (χ0) is 14.7. The molecule has 0 spiro atoms. The lowest BCUT2D eigenvalue weighted by Gasteiger charge is -2.25. The van der Waals surface area contributed by atoms with Gasteiger partial charge in [0.05, 0.1) is 0 Å². The van der Waals surface area contributed by atoms with Gasteiger partial charge in [-0.25, -0.2) is 4.98 Å². The van der Waals surface area contributed by atoms with Crippen LogP contribution in [0.15, 0.2) is 42.6 Å². The summed E-state index contributed by atoms with van der Waals surface area (Å²) in [6.45, 7) is 2.12. The van der Waals surface area contributed by atoms with Crippen molar-refractivity contribution in [3.63, 3.8) is 0 Å². The molecular formula is C18H22N2O. The molecule has 1 N–H and O–H groups in total. The summed E-state index contributed by atoms with van der Waals surface area (Å²) in [7, 11) is 1.95. The van der Waals surface area contributed by atoms with Crippen LogP contribution in [0.2, 0.25) is 0 Å². The van der Waals surface area contributed by atoms with Gasteiger partial charge >= 0.3 is 0 Å². The first-order valence-corrected chi connectivity index (χ1v) is 7.65. The Balaban J connectivity index is 1.76. The van der Waals surface area contributed by atoms with Gasteiger partial charge in [0.15, 0.2) is 0 Å². The molecule has 3 rings (SSSR count). The fourth-order valence-electron chi connectivity index (χ4n) is 2.86. The second kappa shape index (κ2) is 6.27. The van der Waals surface area contributed by atoms with Gasteiger partial charge in [0.1, 0.15) is 6.10 Å². The molecule has 0 aliphatic heterocycles. The van der Waals surface area contributed by atoms with Gasteiger partial charge in [0.2, 0.25) is 5.88 Å². The number of rotatable bonds is 4. The molecule has 0 amide bonds. The monoisotopic (exact) mass is 282 g/mol. The summed E-state index contributed by atoms with van der Waals surface area (Å²) in [5, 5.41) is 3.21. The fourth-order valence-corrected chi connectivity index (χ4v) is 2.86. The fraction of sp³-hybridized carbons (Fsp3) is 0.389. The third kappa shape index (κ3) is 3.08. The average Bonchev–Trinajstić information content (AvgIpc) is 2.55. The smallest absolute Gasteiger partial charge is 0.213 e. The second-order valence-corrected chi connectivity index (χ2v) is 5.64. The second-order valence-electron chi connectivity index (χ2n) is 5.64. The van der Waals surface area contributed by atoms with Gasteiger partial charge in [-0.15, -0.1) is 0 Å². The van der Waals surface area contributed by atoms with Crippen LogP contribution in [-0.4, -0.2) is 12.0 Å². The Kier molecular flexibility index (Phi) is 4.20. The number of fused-ring (bicyclic) bond motifs is 1. The normalized spacial score (nSPS) is 18.9. The zero-order valence-electron chi connectivity index (χ0n) is 12.7. The summed E-state index contributed by atoms with van der Waals surface area (Å²) in [6, 6.07) is 12.9. The van der Waals surface area contributed by atoms with Crippen molar-refractivity contribution in [3.05, 3.63) is 59.3 Å². The summed E-state index contributed by atoms with van der Waals surface area (Å²) in [5.74, 6) is 0.712. The van der Waals surface area contributed by atoms with Crippen molar-refractivity contribution in [2.75, 3.05) is 7.05 Å². The van der Waals surface area contributed by atoms with E-state index in [1.807, 2.05) is 19.3 Å². The van der Waals surface area contributed by atoms with Crippen molar-refractivity contribution in [3.8, 4) is 5.88 Å². The van der Waals surface area contributed by atoms with E-state index in [9.17, 15) is 0 Å². The van der Waals surface area contributed by atoms with Gasteiger partial charge in [-0.3, -0.25) is 0 Å². The number of pyridine rings is 1. The van der Waals surface area contributed by atoms with E-state index in [2.05, 4.69) is 47.6 Å². The van der Waals surface area contributed by atoms with Crippen molar-refractivity contribution >= 4 is 0 Å². The summed E-state index contributed by atoms with van der Waals surface area (Å²) in [4.78, 5) is 4.45. The van der Waals surface area contributed by atoms with Crippen molar-refractivity contribution in [1.82, 2.24) is 10.3 Å². The number of nitrogens with zero attached hydrogens (tertiary/aromatic N) is 1. The van der Waals surface area contributed by atoms with Crippen molar-refractivity contribution in [2.24, 2.45) is 0 Å². The minimum Gasteiger partial charge on any atom is -0.469 e. The molecule has 1 aliphatic rings. The highest BCUT2D eigenvalue weighted by Crippen LogP contribution is 2.33. The lowest BCUT2D eigenvalue weighted by Crippen LogP contribution is -2.16. The van der Waals surface area contributed by atoms with Crippen LogP contribution in [0.5, 0.6) is 5.88 Å². The molecule has 0 saturated heterocycles. The molecule has 0 radical (unpaired) electrons. The molecular weight excluding hydrogens is 260 g/mol. The Bertz CT molecular complexity index is 594. The largest absolute Gasteiger partial charge is 0.469 e. The summed E-state index contributed by atoms with van der Waals surface area (Å²) < 4.78 is 6.12. The lowest BCUT2D eigenvalue weighted by atomic mass is 9.89. The molecule has 3 nitrogen and oxygen atoms in total. The number of aryl methyl sites for hydroxylation is 1. The van der Waals surface area contributed by atoms with E-state index in [1.165, 1.54) is 23.1 Å². The van der Waals surface area contributed by atoms with E-state index >= 15 is 0 Å². The molecule has 1 aromatic heterocycles. The third-order valence-electron chi connectivity index (χ3n) is 4.27. The topological polar surface area (TPSA) is 34.1 Å². The summed E-state index contributed by atoms with van der Waals surface area (Å²) >= 11 is 0. The minimum atomic E-state index is 0.134. The van der Waals surface area contributed by atoms with Crippen LogP contribution in [0, 0.1) is 0 Å². The molecule has 2 aromatic rings. The Morgan fingerprint density at radius 3 is 2.86 bits per heavy atom. The van der Waals surface area contributed by atoms with Gasteiger partial charge in [-0.2, -0.15) is 0 Å². The number of nitrogens with one attached hydrogen (secondary N) is 1. The maximum atomic E-state index is 6.12. The molecule has 1 aliphatic carbocycles. The van der Waals surface area contributed by atoms with Crippen LogP contribution in [-0.2, 0) is 6.42 Å². The maximum absolute atomic E-state index is 6.12. The SMILES string of the molecule is CNC(C)c1ccc(OC2CCCc3ccccc32)nc1. The highest BCUT2D eigenvalue weighted by molar-refractivity contribution is 5.32. The van der Waals surface area contributed by atoms with Crippen molar-refractivity contribution < 1.29 is 4.74 Å². The molecule has 0 bridgehead atoms. The van der Waals surface area contributed by atoms with Crippen LogP contribution < -0.4 is 10.1 Å². The Labute approximate surface area is 126 Å². The van der Waals surface area contributed by atoms with Gasteiger partial charge in [0.25, 0.3) is 0 Å². The predicted molar refractivity (Wildman–Crippen MR) is 84.5 cm³/mol. The molecule has 2 atom stereocenters. The number of aromatic nitrogens is 1. The average molecular weight is 282 g/mol. The number of hydrogen-bond donors (Lipinski definition) is 1.